The molecule has 0 bridgehead atoms. The van der Waals surface area contributed by atoms with Crippen LogP contribution in [0.15, 0.2) is 0 Å². The molecule has 1 aliphatic rings. The van der Waals surface area contributed by atoms with Gasteiger partial charge in [-0.1, -0.05) is 155 Å². The normalized spacial score (nSPS) is 23.7. The van der Waals surface area contributed by atoms with Gasteiger partial charge in [0.25, 0.3) is 0 Å². The predicted molar refractivity (Wildman–Crippen MR) is 226 cm³/mol. The summed E-state index contributed by atoms with van der Waals surface area (Å²) in [6.07, 6.45) is 36.3. The van der Waals surface area contributed by atoms with E-state index in [2.05, 4.69) is 32.8 Å². The molecule has 0 aromatic heterocycles. The van der Waals surface area contributed by atoms with Gasteiger partial charge < -0.3 is 19.1 Å². The summed E-state index contributed by atoms with van der Waals surface area (Å²) in [5.74, 6) is 0.903. The van der Waals surface area contributed by atoms with Crippen molar-refractivity contribution < 1.29 is 28.6 Å². The molecule has 2 atom stereocenters. The maximum atomic E-state index is 13.0. The summed E-state index contributed by atoms with van der Waals surface area (Å²) in [7, 11) is 4.11. The maximum absolute atomic E-state index is 13.0. The average Bonchev–Trinajstić information content (AvgIpc) is 3.15. The van der Waals surface area contributed by atoms with Crippen LogP contribution < -0.4 is 0 Å². The standard InChI is InChI=1S/C47H89NO6/c1-5-7-30-42-32-23-19-20-24-33-43(31-8-6-2)41-46(50)53-38-28-22-16-12-10-14-18-26-35-44(47(51)54-39-29-36-48(3)4)34-25-17-13-9-11-15-21-27-37-52-45(49)40-42/h42-44H,5-41H2,1-4H3. The first-order chi connectivity index (χ1) is 26.3. The van der Waals surface area contributed by atoms with Crippen LogP contribution in [0.3, 0.4) is 0 Å². The lowest BCUT2D eigenvalue weighted by molar-refractivity contribution is -0.149. The molecule has 0 saturated carbocycles. The highest BCUT2D eigenvalue weighted by molar-refractivity contribution is 5.72. The first-order valence-corrected chi connectivity index (χ1v) is 23.5. The van der Waals surface area contributed by atoms with Gasteiger partial charge in [-0.25, -0.2) is 0 Å². The molecule has 2 unspecified atom stereocenters. The third-order valence-electron chi connectivity index (χ3n) is 11.6. The highest BCUT2D eigenvalue weighted by Gasteiger charge is 2.20. The molecule has 318 valence electrons. The van der Waals surface area contributed by atoms with Gasteiger partial charge in [-0.2, -0.15) is 0 Å². The van der Waals surface area contributed by atoms with E-state index in [0.29, 0.717) is 44.5 Å². The Labute approximate surface area is 334 Å². The van der Waals surface area contributed by atoms with Crippen LogP contribution in [-0.2, 0) is 28.6 Å². The number of unbranched alkanes of at least 4 members (excludes halogenated alkanes) is 2. The summed E-state index contributed by atoms with van der Waals surface area (Å²) in [6.45, 7) is 7.02. The number of nitrogens with zero attached hydrogens (tertiary/aromatic N) is 1. The number of ether oxygens (including phenoxy) is 3. The minimum absolute atomic E-state index is 0.00905. The van der Waals surface area contributed by atoms with Crippen LogP contribution in [0.4, 0.5) is 0 Å². The van der Waals surface area contributed by atoms with Gasteiger partial charge in [-0.15, -0.1) is 0 Å². The molecular weight excluding hydrogens is 675 g/mol. The summed E-state index contributed by atoms with van der Waals surface area (Å²) >= 11 is 0. The fourth-order valence-corrected chi connectivity index (χ4v) is 8.02. The second-order valence-electron chi connectivity index (χ2n) is 17.1. The summed E-state index contributed by atoms with van der Waals surface area (Å²) in [5.41, 5.74) is 0. The minimum atomic E-state index is -0.00905. The third kappa shape index (κ3) is 31.6. The molecule has 0 aromatic rings. The van der Waals surface area contributed by atoms with Crippen LogP contribution in [0.5, 0.6) is 0 Å². The van der Waals surface area contributed by atoms with E-state index in [1.54, 1.807) is 0 Å². The van der Waals surface area contributed by atoms with Crippen molar-refractivity contribution in [3.8, 4) is 0 Å². The van der Waals surface area contributed by atoms with E-state index in [1.165, 1.54) is 116 Å². The van der Waals surface area contributed by atoms with E-state index in [4.69, 9.17) is 14.2 Å². The van der Waals surface area contributed by atoms with Gasteiger partial charge in [0.1, 0.15) is 0 Å². The maximum Gasteiger partial charge on any atom is 0.308 e. The Morgan fingerprint density at radius 2 is 0.926 bits per heavy atom. The Morgan fingerprint density at radius 3 is 1.31 bits per heavy atom. The van der Waals surface area contributed by atoms with Crippen LogP contribution in [0, 0.1) is 17.8 Å². The van der Waals surface area contributed by atoms with Crippen LogP contribution in [-0.4, -0.2) is 63.3 Å². The molecule has 7 heteroatoms. The molecule has 1 aliphatic heterocycles. The molecule has 0 aliphatic carbocycles. The van der Waals surface area contributed by atoms with Crippen LogP contribution in [0.25, 0.3) is 0 Å². The second-order valence-corrected chi connectivity index (χ2v) is 17.1. The first-order valence-electron chi connectivity index (χ1n) is 23.5. The number of hydrogen-bond acceptors (Lipinski definition) is 7. The van der Waals surface area contributed by atoms with E-state index in [-0.39, 0.29) is 23.8 Å². The summed E-state index contributed by atoms with van der Waals surface area (Å²) in [4.78, 5) is 40.5. The van der Waals surface area contributed by atoms with E-state index in [9.17, 15) is 14.4 Å². The van der Waals surface area contributed by atoms with Crippen molar-refractivity contribution in [2.24, 2.45) is 17.8 Å². The quantitative estimate of drug-likeness (QED) is 0.118. The summed E-state index contributed by atoms with van der Waals surface area (Å²) < 4.78 is 17.1. The molecule has 54 heavy (non-hydrogen) atoms. The van der Waals surface area contributed by atoms with Crippen molar-refractivity contribution in [2.45, 2.75) is 226 Å². The largest absolute Gasteiger partial charge is 0.466 e. The Morgan fingerprint density at radius 1 is 0.556 bits per heavy atom. The topological polar surface area (TPSA) is 82.1 Å². The molecule has 1 saturated heterocycles. The van der Waals surface area contributed by atoms with Crippen LogP contribution >= 0.6 is 0 Å². The first kappa shape index (κ1) is 50.4. The van der Waals surface area contributed by atoms with Gasteiger partial charge >= 0.3 is 17.9 Å². The lowest BCUT2D eigenvalue weighted by Gasteiger charge is -2.17. The molecule has 1 heterocycles. The fraction of sp³-hybridized carbons (Fsp3) is 0.936. The number of rotatable bonds is 11. The van der Waals surface area contributed by atoms with Gasteiger partial charge in [0.15, 0.2) is 0 Å². The smallest absolute Gasteiger partial charge is 0.308 e. The molecule has 0 radical (unpaired) electrons. The Bertz CT molecular complexity index is 822. The van der Waals surface area contributed by atoms with Crippen molar-refractivity contribution >= 4 is 17.9 Å². The van der Waals surface area contributed by atoms with E-state index < -0.39 is 0 Å². The number of esters is 3. The number of hydrogen-bond donors (Lipinski definition) is 0. The van der Waals surface area contributed by atoms with Crippen molar-refractivity contribution in [3.63, 3.8) is 0 Å². The van der Waals surface area contributed by atoms with Gasteiger partial charge in [0, 0.05) is 19.4 Å². The van der Waals surface area contributed by atoms with Gasteiger partial charge in [0.2, 0.25) is 0 Å². The van der Waals surface area contributed by atoms with Crippen molar-refractivity contribution in [2.75, 3.05) is 40.5 Å². The fourth-order valence-electron chi connectivity index (χ4n) is 8.02. The van der Waals surface area contributed by atoms with Crippen molar-refractivity contribution in [3.05, 3.63) is 0 Å². The summed E-state index contributed by atoms with van der Waals surface area (Å²) in [6, 6.07) is 0. The molecule has 0 aromatic carbocycles. The Balaban J connectivity index is 2.62. The number of cyclic esters (lactones) is 2. The highest BCUT2D eigenvalue weighted by atomic mass is 16.5. The molecule has 0 spiro atoms. The minimum Gasteiger partial charge on any atom is -0.466 e. The van der Waals surface area contributed by atoms with Gasteiger partial charge in [-0.3, -0.25) is 14.4 Å². The van der Waals surface area contributed by atoms with Crippen molar-refractivity contribution in [1.82, 2.24) is 4.90 Å². The zero-order chi connectivity index (χ0) is 39.3. The van der Waals surface area contributed by atoms with E-state index in [0.717, 1.165) is 90.0 Å². The van der Waals surface area contributed by atoms with Gasteiger partial charge in [0.05, 0.1) is 25.7 Å². The molecule has 0 amide bonds. The van der Waals surface area contributed by atoms with E-state index >= 15 is 0 Å². The van der Waals surface area contributed by atoms with Crippen LogP contribution in [0.2, 0.25) is 0 Å². The third-order valence-corrected chi connectivity index (χ3v) is 11.6. The predicted octanol–water partition coefficient (Wildman–Crippen LogP) is 13.0. The Kier molecular flexibility index (Phi) is 34.5. The lowest BCUT2D eigenvalue weighted by Crippen LogP contribution is -2.21. The molecule has 1 rings (SSSR count). The molecule has 1 fully saturated rings. The number of carbonyl (C=O) groups excluding carboxylic acids is 3. The second kappa shape index (κ2) is 37.0. The lowest BCUT2D eigenvalue weighted by atomic mass is 9.90. The molecule has 7 nitrogen and oxygen atoms in total. The highest BCUT2D eigenvalue weighted by Crippen LogP contribution is 2.25. The zero-order valence-corrected chi connectivity index (χ0v) is 36.3. The summed E-state index contributed by atoms with van der Waals surface area (Å²) in [5, 5.41) is 0. The molecular formula is C47H89NO6. The van der Waals surface area contributed by atoms with Crippen LogP contribution in [0.1, 0.15) is 226 Å². The molecule has 0 N–H and O–H groups in total. The van der Waals surface area contributed by atoms with Crippen molar-refractivity contribution in [1.29, 1.82) is 0 Å². The SMILES string of the molecule is CCCCC1CCCCCCC(CCCC)CC(=O)OCCCCCCCCCCC(C(=O)OCCCN(C)C)CCCCCCCCCCOC(=O)C1. The van der Waals surface area contributed by atoms with Gasteiger partial charge in [-0.05, 0) is 83.7 Å². The zero-order valence-electron chi connectivity index (χ0n) is 36.3. The Hall–Kier alpha value is -1.63. The van der Waals surface area contributed by atoms with E-state index in [1.807, 2.05) is 0 Å². The average molecular weight is 764 g/mol. The monoisotopic (exact) mass is 764 g/mol. The number of carbonyl (C=O) groups is 3.